The third-order valence-electron chi connectivity index (χ3n) is 4.79. The Kier molecular flexibility index (Phi) is 5.33. The minimum Gasteiger partial charge on any atom is -0.350 e. The molecule has 1 fully saturated rings. The monoisotopic (exact) mass is 330 g/mol. The van der Waals surface area contributed by atoms with Crippen LogP contribution in [0.25, 0.3) is 0 Å². The first kappa shape index (κ1) is 16.7. The van der Waals surface area contributed by atoms with Gasteiger partial charge in [0.1, 0.15) is 0 Å². The Morgan fingerprint density at radius 1 is 1.33 bits per heavy atom. The van der Waals surface area contributed by atoms with E-state index in [1.165, 1.54) is 6.42 Å². The fourth-order valence-electron chi connectivity index (χ4n) is 3.13. The highest BCUT2D eigenvalue weighted by molar-refractivity contribution is 5.79. The van der Waals surface area contributed by atoms with Crippen LogP contribution in [0.5, 0.6) is 0 Å². The fraction of sp³-hybridized carbons (Fsp3) is 0.611. The van der Waals surface area contributed by atoms with Crippen LogP contribution in [0.1, 0.15) is 50.4 Å². The number of hydrogen-bond donors (Lipinski definition) is 1. The lowest BCUT2D eigenvalue weighted by atomic mass is 9.84. The van der Waals surface area contributed by atoms with E-state index in [-0.39, 0.29) is 11.8 Å². The SMILES string of the molecule is CC/C=C/CC(=O)NCc1cc2n(n1)CCN(C(=O)C1CCC1)C2. The Bertz CT molecular complexity index is 631. The first-order valence-electron chi connectivity index (χ1n) is 8.93. The van der Waals surface area contributed by atoms with Crippen molar-refractivity contribution >= 4 is 11.8 Å². The third-order valence-corrected chi connectivity index (χ3v) is 4.79. The Morgan fingerprint density at radius 2 is 2.17 bits per heavy atom. The molecule has 2 heterocycles. The van der Waals surface area contributed by atoms with Gasteiger partial charge in [0, 0.05) is 18.9 Å². The van der Waals surface area contributed by atoms with E-state index in [1.807, 2.05) is 34.7 Å². The second-order valence-electron chi connectivity index (χ2n) is 6.60. The van der Waals surface area contributed by atoms with Gasteiger partial charge in [0.25, 0.3) is 0 Å². The van der Waals surface area contributed by atoms with Gasteiger partial charge in [-0.2, -0.15) is 5.10 Å². The summed E-state index contributed by atoms with van der Waals surface area (Å²) < 4.78 is 1.96. The van der Waals surface area contributed by atoms with E-state index in [2.05, 4.69) is 10.4 Å². The summed E-state index contributed by atoms with van der Waals surface area (Å²) in [5.41, 5.74) is 1.92. The summed E-state index contributed by atoms with van der Waals surface area (Å²) in [5, 5.41) is 7.43. The Hall–Kier alpha value is -2.11. The Labute approximate surface area is 142 Å². The Balaban J connectivity index is 1.52. The minimum absolute atomic E-state index is 0.00691. The van der Waals surface area contributed by atoms with Crippen LogP contribution in [0.3, 0.4) is 0 Å². The van der Waals surface area contributed by atoms with Crippen LogP contribution in [-0.2, 0) is 29.2 Å². The summed E-state index contributed by atoms with van der Waals surface area (Å²) in [7, 11) is 0. The van der Waals surface area contributed by atoms with E-state index in [0.717, 1.165) is 43.7 Å². The summed E-state index contributed by atoms with van der Waals surface area (Å²) in [6, 6.07) is 2.00. The number of amides is 2. The molecule has 1 aliphatic carbocycles. The fourth-order valence-corrected chi connectivity index (χ4v) is 3.13. The van der Waals surface area contributed by atoms with Gasteiger partial charge >= 0.3 is 0 Å². The van der Waals surface area contributed by atoms with E-state index in [1.54, 1.807) is 0 Å². The lowest BCUT2D eigenvalue weighted by Gasteiger charge is -2.34. The normalized spacial score (nSPS) is 17.6. The van der Waals surface area contributed by atoms with Crippen molar-refractivity contribution in [3.05, 3.63) is 29.6 Å². The lowest BCUT2D eigenvalue weighted by Crippen LogP contribution is -2.43. The number of aromatic nitrogens is 2. The number of allylic oxidation sites excluding steroid dienone is 1. The van der Waals surface area contributed by atoms with Crippen molar-refractivity contribution in [1.82, 2.24) is 20.0 Å². The minimum atomic E-state index is 0.00691. The molecule has 2 aliphatic rings. The van der Waals surface area contributed by atoms with Gasteiger partial charge in [0.2, 0.25) is 11.8 Å². The smallest absolute Gasteiger partial charge is 0.226 e. The van der Waals surface area contributed by atoms with Crippen LogP contribution in [0.15, 0.2) is 18.2 Å². The first-order valence-corrected chi connectivity index (χ1v) is 8.93. The van der Waals surface area contributed by atoms with Crippen molar-refractivity contribution in [3.63, 3.8) is 0 Å². The molecule has 0 spiro atoms. The van der Waals surface area contributed by atoms with Gasteiger partial charge in [-0.3, -0.25) is 14.3 Å². The van der Waals surface area contributed by atoms with Crippen LogP contribution >= 0.6 is 0 Å². The number of fused-ring (bicyclic) bond motifs is 1. The largest absolute Gasteiger partial charge is 0.350 e. The number of nitrogens with one attached hydrogen (secondary N) is 1. The first-order chi connectivity index (χ1) is 11.7. The molecule has 0 saturated heterocycles. The van der Waals surface area contributed by atoms with Crippen molar-refractivity contribution in [2.24, 2.45) is 5.92 Å². The van der Waals surface area contributed by atoms with Crippen molar-refractivity contribution in [1.29, 1.82) is 0 Å². The topological polar surface area (TPSA) is 67.2 Å². The summed E-state index contributed by atoms with van der Waals surface area (Å²) in [5.74, 6) is 0.549. The van der Waals surface area contributed by atoms with E-state index in [0.29, 0.717) is 25.4 Å². The maximum absolute atomic E-state index is 12.4. The number of rotatable bonds is 6. The third kappa shape index (κ3) is 3.86. The highest BCUT2D eigenvalue weighted by Crippen LogP contribution is 2.29. The molecule has 1 N–H and O–H groups in total. The average molecular weight is 330 g/mol. The van der Waals surface area contributed by atoms with Gasteiger partial charge in [0.15, 0.2) is 0 Å². The van der Waals surface area contributed by atoms with Gasteiger partial charge < -0.3 is 10.2 Å². The second-order valence-corrected chi connectivity index (χ2v) is 6.60. The predicted octanol–water partition coefficient (Wildman–Crippen LogP) is 2.00. The molecule has 3 rings (SSSR count). The van der Waals surface area contributed by atoms with Crippen LogP contribution < -0.4 is 5.32 Å². The zero-order valence-corrected chi connectivity index (χ0v) is 14.3. The van der Waals surface area contributed by atoms with Crippen LogP contribution in [0.2, 0.25) is 0 Å². The second kappa shape index (κ2) is 7.64. The number of nitrogens with zero attached hydrogens (tertiary/aromatic N) is 3. The molecule has 6 heteroatoms. The molecule has 0 unspecified atom stereocenters. The summed E-state index contributed by atoms with van der Waals surface area (Å²) in [6.07, 6.45) is 8.48. The van der Waals surface area contributed by atoms with E-state index < -0.39 is 0 Å². The molecule has 0 aromatic carbocycles. The van der Waals surface area contributed by atoms with Crippen LogP contribution in [-0.4, -0.2) is 33.0 Å². The molecule has 0 radical (unpaired) electrons. The zero-order valence-electron chi connectivity index (χ0n) is 14.3. The van der Waals surface area contributed by atoms with Crippen LogP contribution in [0.4, 0.5) is 0 Å². The maximum Gasteiger partial charge on any atom is 0.226 e. The van der Waals surface area contributed by atoms with Gasteiger partial charge in [-0.15, -0.1) is 0 Å². The van der Waals surface area contributed by atoms with E-state index >= 15 is 0 Å². The van der Waals surface area contributed by atoms with E-state index in [4.69, 9.17) is 0 Å². The Morgan fingerprint density at radius 3 is 2.88 bits per heavy atom. The lowest BCUT2D eigenvalue weighted by molar-refractivity contribution is -0.139. The van der Waals surface area contributed by atoms with Gasteiger partial charge in [-0.1, -0.05) is 25.5 Å². The molecule has 1 saturated carbocycles. The molecule has 24 heavy (non-hydrogen) atoms. The van der Waals surface area contributed by atoms with Crippen LogP contribution in [0, 0.1) is 5.92 Å². The standard InChI is InChI=1S/C18H26N4O2/c1-2-3-4-8-17(23)19-12-15-11-16-13-21(9-10-22(16)20-15)18(24)14-6-5-7-14/h3-4,11,14H,2,5-10,12-13H2,1H3,(H,19,23)/b4-3+. The zero-order chi connectivity index (χ0) is 16.9. The molecule has 130 valence electrons. The number of carbonyl (C=O) groups excluding carboxylic acids is 2. The van der Waals surface area contributed by atoms with E-state index in [9.17, 15) is 9.59 Å². The van der Waals surface area contributed by atoms with Crippen molar-refractivity contribution < 1.29 is 9.59 Å². The van der Waals surface area contributed by atoms with Gasteiger partial charge in [-0.25, -0.2) is 0 Å². The number of hydrogen-bond acceptors (Lipinski definition) is 3. The molecule has 0 atom stereocenters. The van der Waals surface area contributed by atoms with Gasteiger partial charge in [-0.05, 0) is 25.3 Å². The summed E-state index contributed by atoms with van der Waals surface area (Å²) in [6.45, 7) is 4.59. The van der Waals surface area contributed by atoms with Crippen molar-refractivity contribution in [2.75, 3.05) is 6.54 Å². The average Bonchev–Trinajstić information content (AvgIpc) is 2.93. The molecule has 1 aromatic heterocycles. The predicted molar refractivity (Wildman–Crippen MR) is 90.9 cm³/mol. The molecular formula is C18H26N4O2. The molecule has 0 bridgehead atoms. The molecule has 1 aromatic rings. The summed E-state index contributed by atoms with van der Waals surface area (Å²) in [4.78, 5) is 26.1. The summed E-state index contributed by atoms with van der Waals surface area (Å²) >= 11 is 0. The highest BCUT2D eigenvalue weighted by atomic mass is 16.2. The van der Waals surface area contributed by atoms with Crippen molar-refractivity contribution in [3.8, 4) is 0 Å². The maximum atomic E-state index is 12.4. The number of carbonyl (C=O) groups is 2. The molecule has 1 aliphatic heterocycles. The molecule has 6 nitrogen and oxygen atoms in total. The highest BCUT2D eigenvalue weighted by Gasteiger charge is 2.31. The van der Waals surface area contributed by atoms with Crippen molar-refractivity contribution in [2.45, 2.75) is 58.7 Å². The van der Waals surface area contributed by atoms with Gasteiger partial charge in [0.05, 0.1) is 31.0 Å². The molecular weight excluding hydrogens is 304 g/mol. The molecule has 2 amide bonds. The quantitative estimate of drug-likeness (QED) is 0.811.